The van der Waals surface area contributed by atoms with E-state index >= 15 is 0 Å². The zero-order valence-corrected chi connectivity index (χ0v) is 14.7. The molecule has 4 rings (SSSR count). The first-order valence-electron chi connectivity index (χ1n) is 8.92. The van der Waals surface area contributed by atoms with Crippen LogP contribution in [0.1, 0.15) is 12.0 Å². The van der Waals surface area contributed by atoms with E-state index in [9.17, 15) is 14.4 Å². The Morgan fingerprint density at radius 3 is 2.96 bits per heavy atom. The van der Waals surface area contributed by atoms with Crippen molar-refractivity contribution in [1.29, 1.82) is 0 Å². The van der Waals surface area contributed by atoms with Crippen molar-refractivity contribution < 1.29 is 14.0 Å². The molecule has 1 atom stereocenters. The molecule has 1 aromatic heterocycles. The van der Waals surface area contributed by atoms with Gasteiger partial charge in [-0.25, -0.2) is 4.79 Å². The average molecular weight is 358 g/mol. The summed E-state index contributed by atoms with van der Waals surface area (Å²) in [4.78, 5) is 40.6. The summed E-state index contributed by atoms with van der Waals surface area (Å²) >= 11 is 0. The Morgan fingerprint density at radius 2 is 2.12 bits per heavy atom. The van der Waals surface area contributed by atoms with E-state index in [1.54, 1.807) is 11.0 Å². The maximum atomic E-state index is 12.6. The lowest BCUT2D eigenvalue weighted by Gasteiger charge is -2.43. The number of aromatic nitrogens is 1. The summed E-state index contributed by atoms with van der Waals surface area (Å²) in [7, 11) is 0. The first kappa shape index (κ1) is 16.8. The van der Waals surface area contributed by atoms with Crippen LogP contribution in [0.3, 0.4) is 0 Å². The maximum Gasteiger partial charge on any atom is 0.419 e. The van der Waals surface area contributed by atoms with E-state index in [0.29, 0.717) is 37.3 Å². The van der Waals surface area contributed by atoms with Crippen molar-refractivity contribution in [3.8, 4) is 0 Å². The minimum Gasteiger partial charge on any atom is -0.408 e. The molecule has 2 fully saturated rings. The molecular weight excluding hydrogens is 336 g/mol. The molecule has 8 heteroatoms. The molecule has 2 aliphatic rings. The molecular formula is C18H22N4O4. The van der Waals surface area contributed by atoms with Crippen LogP contribution < -0.4 is 11.1 Å². The lowest BCUT2D eigenvalue weighted by molar-refractivity contribution is -0.140. The highest BCUT2D eigenvalue weighted by Crippen LogP contribution is 2.16. The molecule has 0 saturated carbocycles. The van der Waals surface area contributed by atoms with Gasteiger partial charge in [-0.15, -0.1) is 0 Å². The number of benzene rings is 1. The van der Waals surface area contributed by atoms with Gasteiger partial charge in [-0.3, -0.25) is 19.1 Å². The van der Waals surface area contributed by atoms with Gasteiger partial charge in [0.1, 0.15) is 6.04 Å². The van der Waals surface area contributed by atoms with E-state index in [0.717, 1.165) is 12.1 Å². The van der Waals surface area contributed by atoms with E-state index < -0.39 is 5.76 Å². The topological polar surface area (TPSA) is 87.8 Å². The van der Waals surface area contributed by atoms with Gasteiger partial charge in [-0.1, -0.05) is 6.07 Å². The van der Waals surface area contributed by atoms with Crippen LogP contribution in [-0.4, -0.2) is 64.9 Å². The zero-order valence-electron chi connectivity index (χ0n) is 14.7. The van der Waals surface area contributed by atoms with Crippen LogP contribution in [-0.2, 0) is 16.1 Å². The van der Waals surface area contributed by atoms with Crippen LogP contribution in [0.4, 0.5) is 0 Å². The van der Waals surface area contributed by atoms with Gasteiger partial charge in [-0.2, -0.15) is 0 Å². The van der Waals surface area contributed by atoms with Gasteiger partial charge in [-0.05, 0) is 24.6 Å². The fraction of sp³-hybridized carbons (Fsp3) is 0.500. The molecule has 8 nitrogen and oxygen atoms in total. The summed E-state index contributed by atoms with van der Waals surface area (Å²) < 4.78 is 6.74. The molecule has 2 saturated heterocycles. The van der Waals surface area contributed by atoms with Gasteiger partial charge >= 0.3 is 5.76 Å². The highest BCUT2D eigenvalue weighted by Gasteiger charge is 2.36. The normalized spacial score (nSPS) is 20.9. The highest BCUT2D eigenvalue weighted by molar-refractivity contribution is 5.84. The summed E-state index contributed by atoms with van der Waals surface area (Å²) in [5.41, 5.74) is 2.26. The third-order valence-corrected chi connectivity index (χ3v) is 5.22. The number of aryl methyl sites for hydroxylation is 2. The Bertz CT molecular complexity index is 916. The molecule has 1 N–H and O–H groups in total. The SMILES string of the molecule is Cc1ccc2oc(=O)n(CCC(=O)N3CCN4CCNC(=O)[C@@H]4C3)c2c1. The molecule has 138 valence electrons. The fourth-order valence-corrected chi connectivity index (χ4v) is 3.75. The lowest BCUT2D eigenvalue weighted by Crippen LogP contribution is -2.64. The molecule has 0 bridgehead atoms. The average Bonchev–Trinajstić information content (AvgIpc) is 2.94. The minimum atomic E-state index is -0.449. The Hall–Kier alpha value is -2.61. The number of carbonyl (C=O) groups excluding carboxylic acids is 2. The molecule has 0 spiro atoms. The van der Waals surface area contributed by atoms with E-state index in [1.807, 2.05) is 19.1 Å². The maximum absolute atomic E-state index is 12.6. The molecule has 0 aliphatic carbocycles. The molecule has 0 radical (unpaired) electrons. The molecule has 0 unspecified atom stereocenters. The van der Waals surface area contributed by atoms with Crippen LogP contribution in [0.25, 0.3) is 11.1 Å². The van der Waals surface area contributed by atoms with Gasteiger partial charge in [0.15, 0.2) is 5.58 Å². The summed E-state index contributed by atoms with van der Waals surface area (Å²) in [5, 5.41) is 2.85. The largest absolute Gasteiger partial charge is 0.419 e. The summed E-state index contributed by atoms with van der Waals surface area (Å²) in [6.07, 6.45) is 0.205. The van der Waals surface area contributed by atoms with Crippen molar-refractivity contribution >= 4 is 22.9 Å². The Morgan fingerprint density at radius 1 is 1.27 bits per heavy atom. The van der Waals surface area contributed by atoms with Gasteiger partial charge < -0.3 is 14.6 Å². The number of hydrogen-bond acceptors (Lipinski definition) is 5. The second-order valence-electron chi connectivity index (χ2n) is 6.92. The van der Waals surface area contributed by atoms with Crippen molar-refractivity contribution in [3.05, 3.63) is 34.3 Å². The van der Waals surface area contributed by atoms with Crippen LogP contribution in [0, 0.1) is 6.92 Å². The van der Waals surface area contributed by atoms with Crippen LogP contribution in [0.15, 0.2) is 27.4 Å². The number of fused-ring (bicyclic) bond motifs is 2. The highest BCUT2D eigenvalue weighted by atomic mass is 16.4. The van der Waals surface area contributed by atoms with Gasteiger partial charge in [0, 0.05) is 45.7 Å². The molecule has 1 aromatic carbocycles. The van der Waals surface area contributed by atoms with E-state index in [-0.39, 0.29) is 30.8 Å². The molecule has 2 aromatic rings. The quantitative estimate of drug-likeness (QED) is 0.830. The van der Waals surface area contributed by atoms with Crippen LogP contribution in [0.5, 0.6) is 0 Å². The number of rotatable bonds is 3. The van der Waals surface area contributed by atoms with Crippen molar-refractivity contribution in [2.75, 3.05) is 32.7 Å². The second kappa shape index (κ2) is 6.60. The van der Waals surface area contributed by atoms with Crippen molar-refractivity contribution in [1.82, 2.24) is 19.7 Å². The Labute approximate surface area is 150 Å². The molecule has 2 amide bonds. The predicted octanol–water partition coefficient (Wildman–Crippen LogP) is -0.0644. The van der Waals surface area contributed by atoms with E-state index in [2.05, 4.69) is 10.2 Å². The molecule has 3 heterocycles. The molecule has 26 heavy (non-hydrogen) atoms. The monoisotopic (exact) mass is 358 g/mol. The molecule has 2 aliphatic heterocycles. The summed E-state index contributed by atoms with van der Waals surface area (Å²) in [6, 6.07) is 5.28. The standard InChI is InChI=1S/C18H22N4O4/c1-12-2-3-15-13(10-12)22(18(25)26-15)6-4-16(23)21-9-8-20-7-5-19-17(24)14(20)11-21/h2-3,10,14H,4-9,11H2,1H3,(H,19,24)/t14-/m0/s1. The van der Waals surface area contributed by atoms with Crippen molar-refractivity contribution in [2.45, 2.75) is 25.9 Å². The fourth-order valence-electron chi connectivity index (χ4n) is 3.75. The third-order valence-electron chi connectivity index (χ3n) is 5.22. The number of amides is 2. The zero-order chi connectivity index (χ0) is 18.3. The van der Waals surface area contributed by atoms with Crippen molar-refractivity contribution in [2.24, 2.45) is 0 Å². The first-order valence-corrected chi connectivity index (χ1v) is 8.92. The summed E-state index contributed by atoms with van der Waals surface area (Å²) in [6.45, 7) is 5.44. The van der Waals surface area contributed by atoms with Gasteiger partial charge in [0.05, 0.1) is 5.52 Å². The Kier molecular flexibility index (Phi) is 4.28. The van der Waals surface area contributed by atoms with E-state index in [4.69, 9.17) is 4.42 Å². The number of carbonyl (C=O) groups is 2. The van der Waals surface area contributed by atoms with Gasteiger partial charge in [0.25, 0.3) is 0 Å². The Balaban J connectivity index is 1.44. The first-order chi connectivity index (χ1) is 12.5. The lowest BCUT2D eigenvalue weighted by atomic mass is 10.1. The summed E-state index contributed by atoms with van der Waals surface area (Å²) in [5.74, 6) is -0.506. The predicted molar refractivity (Wildman–Crippen MR) is 94.8 cm³/mol. The smallest absolute Gasteiger partial charge is 0.408 e. The number of nitrogens with zero attached hydrogens (tertiary/aromatic N) is 3. The number of oxazole rings is 1. The minimum absolute atomic E-state index is 0.0127. The third kappa shape index (κ3) is 3.01. The number of nitrogens with one attached hydrogen (secondary N) is 1. The number of hydrogen-bond donors (Lipinski definition) is 1. The van der Waals surface area contributed by atoms with E-state index in [1.165, 1.54) is 4.57 Å². The van der Waals surface area contributed by atoms with Crippen molar-refractivity contribution in [3.63, 3.8) is 0 Å². The second-order valence-corrected chi connectivity index (χ2v) is 6.92. The van der Waals surface area contributed by atoms with Crippen LogP contribution in [0.2, 0.25) is 0 Å². The number of piperazine rings is 2. The van der Waals surface area contributed by atoms with Crippen LogP contribution >= 0.6 is 0 Å². The van der Waals surface area contributed by atoms with Gasteiger partial charge in [0.2, 0.25) is 11.8 Å².